The Balaban J connectivity index is 1.56. The minimum Gasteiger partial charge on any atom is -0.410 e. The van der Waals surface area contributed by atoms with Gasteiger partial charge < -0.3 is 25.4 Å². The molecule has 2 aliphatic heterocycles. The lowest BCUT2D eigenvalue weighted by atomic mass is 10.0. The molecule has 2 aliphatic rings. The number of carbonyl (C=O) groups is 1. The normalized spacial score (nSPS) is 20.8. The summed E-state index contributed by atoms with van der Waals surface area (Å²) in [6.07, 6.45) is -1.09. The summed E-state index contributed by atoms with van der Waals surface area (Å²) in [5, 5.41) is 24.7. The quantitative estimate of drug-likeness (QED) is 0.387. The van der Waals surface area contributed by atoms with Crippen molar-refractivity contribution in [2.45, 2.75) is 12.2 Å². The predicted octanol–water partition coefficient (Wildman–Crippen LogP) is 1.31. The second-order valence-corrected chi connectivity index (χ2v) is 6.80. The van der Waals surface area contributed by atoms with Crippen LogP contribution in [0.2, 0.25) is 0 Å². The molecule has 0 aromatic heterocycles. The smallest absolute Gasteiger partial charge is 0.290 e. The monoisotopic (exact) mass is 406 g/mol. The van der Waals surface area contributed by atoms with E-state index in [-0.39, 0.29) is 5.90 Å². The number of nitrogens with zero attached hydrogens (tertiary/aromatic N) is 1. The number of aliphatic imine (C=N–C) groups is 1. The van der Waals surface area contributed by atoms with E-state index >= 15 is 0 Å². The number of para-hydroxylation sites is 1. The van der Waals surface area contributed by atoms with E-state index in [4.69, 9.17) is 20.3 Å². The molecule has 1 saturated heterocycles. The van der Waals surface area contributed by atoms with Crippen LogP contribution in [0, 0.1) is 10.8 Å². The van der Waals surface area contributed by atoms with Gasteiger partial charge in [0, 0.05) is 17.7 Å². The van der Waals surface area contributed by atoms with Gasteiger partial charge in [-0.1, -0.05) is 48.5 Å². The van der Waals surface area contributed by atoms with Crippen molar-refractivity contribution in [3.63, 3.8) is 0 Å². The summed E-state index contributed by atoms with van der Waals surface area (Å²) in [7, 11) is 0. The number of rotatable bonds is 3. The van der Waals surface area contributed by atoms with Crippen LogP contribution >= 0.6 is 0 Å². The van der Waals surface area contributed by atoms with Gasteiger partial charge in [0.2, 0.25) is 12.1 Å². The van der Waals surface area contributed by atoms with E-state index in [9.17, 15) is 4.79 Å². The third-order valence-electron chi connectivity index (χ3n) is 4.71. The minimum absolute atomic E-state index is 0.156. The van der Waals surface area contributed by atoms with Gasteiger partial charge >= 0.3 is 0 Å². The molecule has 2 aromatic carbocycles. The van der Waals surface area contributed by atoms with Crippen molar-refractivity contribution >= 4 is 29.2 Å². The maximum atomic E-state index is 12.8. The molecule has 2 heterocycles. The number of hydrogen-bond donors (Lipinski definition) is 5. The molecular formula is C21H22N6O3. The van der Waals surface area contributed by atoms with Gasteiger partial charge in [-0.2, -0.15) is 0 Å². The van der Waals surface area contributed by atoms with Crippen LogP contribution < -0.4 is 16.0 Å². The Kier molecular flexibility index (Phi) is 5.82. The average Bonchev–Trinajstić information content (AvgIpc) is 2.91. The number of anilines is 1. The van der Waals surface area contributed by atoms with Crippen molar-refractivity contribution in [1.29, 1.82) is 10.8 Å². The molecule has 1 fully saturated rings. The van der Waals surface area contributed by atoms with Gasteiger partial charge in [-0.25, -0.2) is 4.99 Å². The third kappa shape index (κ3) is 4.37. The van der Waals surface area contributed by atoms with Gasteiger partial charge in [0.15, 0.2) is 0 Å². The summed E-state index contributed by atoms with van der Waals surface area (Å²) in [5.74, 6) is -0.579. The van der Waals surface area contributed by atoms with Crippen LogP contribution in [0.4, 0.5) is 5.69 Å². The first-order valence-electron chi connectivity index (χ1n) is 9.58. The summed E-state index contributed by atoms with van der Waals surface area (Å²) in [5.41, 5.74) is 2.88. The zero-order valence-electron chi connectivity index (χ0n) is 16.1. The highest BCUT2D eigenvalue weighted by Crippen LogP contribution is 2.23. The molecule has 4 rings (SSSR count). The maximum absolute atomic E-state index is 12.8. The fourth-order valence-corrected chi connectivity index (χ4v) is 3.25. The molecule has 0 aliphatic carbocycles. The van der Waals surface area contributed by atoms with E-state index in [1.807, 2.05) is 48.5 Å². The van der Waals surface area contributed by atoms with Crippen molar-refractivity contribution in [2.75, 3.05) is 25.1 Å². The number of nitrogens with one attached hydrogen (secondary N) is 5. The van der Waals surface area contributed by atoms with Crippen LogP contribution in [-0.2, 0) is 14.3 Å². The first-order valence-corrected chi connectivity index (χ1v) is 9.58. The number of benzodiazepines with no additional fused rings is 1. The molecule has 1 unspecified atom stereocenters. The lowest BCUT2D eigenvalue weighted by molar-refractivity contribution is -0.117. The Hall–Kier alpha value is -3.56. The molecule has 0 bridgehead atoms. The molecule has 2 atom stereocenters. The number of fused-ring (bicyclic) bond motifs is 1. The number of amidine groups is 1. The summed E-state index contributed by atoms with van der Waals surface area (Å²) < 4.78 is 10.6. The Labute approximate surface area is 173 Å². The maximum Gasteiger partial charge on any atom is 0.290 e. The molecule has 1 amide bonds. The van der Waals surface area contributed by atoms with Gasteiger partial charge in [-0.3, -0.25) is 15.6 Å². The van der Waals surface area contributed by atoms with E-state index in [2.05, 4.69) is 20.9 Å². The van der Waals surface area contributed by atoms with Gasteiger partial charge in [0.25, 0.3) is 11.9 Å². The van der Waals surface area contributed by atoms with Gasteiger partial charge in [0.1, 0.15) is 6.04 Å². The zero-order chi connectivity index (χ0) is 20.9. The van der Waals surface area contributed by atoms with Gasteiger partial charge in [0.05, 0.1) is 24.6 Å². The van der Waals surface area contributed by atoms with Gasteiger partial charge in [-0.05, 0) is 6.07 Å². The first-order chi connectivity index (χ1) is 14.6. The summed E-state index contributed by atoms with van der Waals surface area (Å²) >= 11 is 0. The molecule has 30 heavy (non-hydrogen) atoms. The van der Waals surface area contributed by atoms with Crippen LogP contribution in [0.15, 0.2) is 59.6 Å². The van der Waals surface area contributed by atoms with Crippen LogP contribution in [0.5, 0.6) is 0 Å². The standard InChI is InChI=1S/C21H22N6O3/c22-18(16-12-29-11-10-24-16)30-21(23)27-19-20(28)25-15-9-5-4-8-14(15)17(26-19)13-6-2-1-3-7-13/h1-9,16,19,22,24H,10-12H2,(H2,23,27)(H,25,28)/t16-,19?/m1/s1. The summed E-state index contributed by atoms with van der Waals surface area (Å²) in [6, 6.07) is 16.1. The average molecular weight is 406 g/mol. The summed E-state index contributed by atoms with van der Waals surface area (Å²) in [4.78, 5) is 17.3. The Morgan fingerprint density at radius 2 is 1.90 bits per heavy atom. The van der Waals surface area contributed by atoms with Crippen LogP contribution in [0.25, 0.3) is 0 Å². The highest BCUT2D eigenvalue weighted by atomic mass is 16.5. The van der Waals surface area contributed by atoms with Crippen molar-refractivity contribution in [3.8, 4) is 0 Å². The molecule has 154 valence electrons. The highest BCUT2D eigenvalue weighted by molar-refractivity contribution is 6.19. The lowest BCUT2D eigenvalue weighted by Gasteiger charge is -2.24. The molecular weight excluding hydrogens is 384 g/mol. The molecule has 9 heteroatoms. The second kappa shape index (κ2) is 8.85. The van der Waals surface area contributed by atoms with Crippen molar-refractivity contribution in [3.05, 3.63) is 65.7 Å². The number of morpholine rings is 1. The van der Waals surface area contributed by atoms with E-state index in [1.54, 1.807) is 6.07 Å². The van der Waals surface area contributed by atoms with E-state index < -0.39 is 24.1 Å². The van der Waals surface area contributed by atoms with Crippen LogP contribution in [-0.4, -0.2) is 55.5 Å². The lowest BCUT2D eigenvalue weighted by Crippen LogP contribution is -2.50. The molecule has 0 spiro atoms. The minimum atomic E-state index is -1.09. The third-order valence-corrected chi connectivity index (χ3v) is 4.71. The molecule has 2 aromatic rings. The van der Waals surface area contributed by atoms with Crippen molar-refractivity contribution < 1.29 is 14.3 Å². The Morgan fingerprint density at radius 3 is 2.67 bits per heavy atom. The summed E-state index contributed by atoms with van der Waals surface area (Å²) in [6.45, 7) is 1.46. The highest BCUT2D eigenvalue weighted by Gasteiger charge is 2.28. The molecule has 0 radical (unpaired) electrons. The van der Waals surface area contributed by atoms with Crippen LogP contribution in [0.3, 0.4) is 0 Å². The van der Waals surface area contributed by atoms with Crippen molar-refractivity contribution in [1.82, 2.24) is 10.6 Å². The van der Waals surface area contributed by atoms with Gasteiger partial charge in [-0.15, -0.1) is 0 Å². The molecule has 0 saturated carbocycles. The SMILES string of the molecule is N=C(NC1N=C(c2ccccc2)c2ccccc2NC1=O)OC(=N)[C@H]1COCCN1. The molecule has 5 N–H and O–H groups in total. The Morgan fingerprint density at radius 1 is 1.13 bits per heavy atom. The number of carbonyl (C=O) groups excluding carboxylic acids is 1. The number of ether oxygens (including phenoxy) is 2. The van der Waals surface area contributed by atoms with Crippen LogP contribution in [0.1, 0.15) is 11.1 Å². The largest absolute Gasteiger partial charge is 0.410 e. The van der Waals surface area contributed by atoms with E-state index in [0.717, 1.165) is 11.1 Å². The fraction of sp³-hybridized carbons (Fsp3) is 0.238. The molecule has 9 nitrogen and oxygen atoms in total. The predicted molar refractivity (Wildman–Crippen MR) is 113 cm³/mol. The Bertz CT molecular complexity index is 985. The fourth-order valence-electron chi connectivity index (χ4n) is 3.25. The number of hydrogen-bond acceptors (Lipinski definition) is 7. The first kappa shape index (κ1) is 19.7. The van der Waals surface area contributed by atoms with E-state index in [0.29, 0.717) is 31.2 Å². The number of benzene rings is 2. The topological polar surface area (TPSA) is 132 Å². The number of amides is 1. The zero-order valence-corrected chi connectivity index (χ0v) is 16.1. The van der Waals surface area contributed by atoms with Crippen molar-refractivity contribution in [2.24, 2.45) is 4.99 Å². The van der Waals surface area contributed by atoms with E-state index in [1.165, 1.54) is 0 Å². The second-order valence-electron chi connectivity index (χ2n) is 6.80.